The van der Waals surface area contributed by atoms with Gasteiger partial charge in [0.05, 0.1) is 6.61 Å². The fraction of sp³-hybridized carbons (Fsp3) is 0.294. The minimum Gasteiger partial charge on any atom is -0.392 e. The van der Waals surface area contributed by atoms with E-state index in [0.29, 0.717) is 6.04 Å². The average molecular weight is 253 g/mol. The third-order valence-corrected chi connectivity index (χ3v) is 3.85. The van der Waals surface area contributed by atoms with E-state index in [4.69, 9.17) is 0 Å². The third kappa shape index (κ3) is 2.55. The zero-order valence-corrected chi connectivity index (χ0v) is 11.0. The van der Waals surface area contributed by atoms with Crippen molar-refractivity contribution >= 4 is 0 Å². The van der Waals surface area contributed by atoms with Gasteiger partial charge < -0.3 is 10.4 Å². The Morgan fingerprint density at radius 3 is 2.79 bits per heavy atom. The predicted octanol–water partition coefficient (Wildman–Crippen LogP) is 3.27. The van der Waals surface area contributed by atoms with Gasteiger partial charge in [0.1, 0.15) is 0 Å². The molecule has 2 aromatic carbocycles. The molecule has 0 spiro atoms. The van der Waals surface area contributed by atoms with Gasteiger partial charge in [-0.3, -0.25) is 0 Å². The zero-order chi connectivity index (χ0) is 13.1. The molecular formula is C17H19NO. The van der Waals surface area contributed by atoms with Crippen LogP contribution in [0.15, 0.2) is 48.5 Å². The van der Waals surface area contributed by atoms with Crippen LogP contribution in [0.25, 0.3) is 11.1 Å². The Kier molecular flexibility index (Phi) is 3.62. The van der Waals surface area contributed by atoms with Crippen molar-refractivity contribution in [1.82, 2.24) is 5.32 Å². The fourth-order valence-corrected chi connectivity index (χ4v) is 2.83. The molecule has 2 nitrogen and oxygen atoms in total. The fourth-order valence-electron chi connectivity index (χ4n) is 2.83. The molecule has 2 N–H and O–H groups in total. The van der Waals surface area contributed by atoms with Crippen molar-refractivity contribution in [3.05, 3.63) is 59.7 Å². The van der Waals surface area contributed by atoms with Gasteiger partial charge >= 0.3 is 0 Å². The molecule has 1 heterocycles. The van der Waals surface area contributed by atoms with Crippen LogP contribution in [0.3, 0.4) is 0 Å². The lowest BCUT2D eigenvalue weighted by molar-refractivity contribution is 0.282. The molecule has 98 valence electrons. The molecule has 3 rings (SSSR count). The van der Waals surface area contributed by atoms with Crippen LogP contribution in [0.1, 0.15) is 30.0 Å². The summed E-state index contributed by atoms with van der Waals surface area (Å²) in [6.45, 7) is 1.20. The second-order valence-electron chi connectivity index (χ2n) is 5.09. The quantitative estimate of drug-likeness (QED) is 0.880. The van der Waals surface area contributed by atoms with E-state index in [9.17, 15) is 5.11 Å². The minimum absolute atomic E-state index is 0.0854. The van der Waals surface area contributed by atoms with E-state index in [1.54, 1.807) is 0 Å². The Hall–Kier alpha value is -1.64. The summed E-state index contributed by atoms with van der Waals surface area (Å²) < 4.78 is 0. The van der Waals surface area contributed by atoms with Crippen LogP contribution in [-0.4, -0.2) is 11.7 Å². The highest BCUT2D eigenvalue weighted by atomic mass is 16.3. The van der Waals surface area contributed by atoms with E-state index in [1.165, 1.54) is 24.0 Å². The number of aliphatic hydroxyl groups is 1. The summed E-state index contributed by atoms with van der Waals surface area (Å²) >= 11 is 0. The molecule has 2 heteroatoms. The molecule has 1 aliphatic rings. The average Bonchev–Trinajstić information content (AvgIpc) is 3.01. The Labute approximate surface area is 114 Å². The van der Waals surface area contributed by atoms with Crippen LogP contribution in [-0.2, 0) is 6.61 Å². The van der Waals surface area contributed by atoms with E-state index in [1.807, 2.05) is 18.2 Å². The van der Waals surface area contributed by atoms with Gasteiger partial charge in [0.25, 0.3) is 0 Å². The Morgan fingerprint density at radius 2 is 2.00 bits per heavy atom. The maximum Gasteiger partial charge on any atom is 0.0687 e. The number of hydrogen-bond donors (Lipinski definition) is 2. The first-order valence-corrected chi connectivity index (χ1v) is 6.91. The van der Waals surface area contributed by atoms with Crippen molar-refractivity contribution in [2.24, 2.45) is 0 Å². The molecule has 1 unspecified atom stereocenters. The smallest absolute Gasteiger partial charge is 0.0687 e. The Balaban J connectivity index is 1.98. The normalized spacial score (nSPS) is 18.7. The van der Waals surface area contributed by atoms with Crippen LogP contribution in [0.5, 0.6) is 0 Å². The summed E-state index contributed by atoms with van der Waals surface area (Å²) in [7, 11) is 0. The van der Waals surface area contributed by atoms with E-state index in [-0.39, 0.29) is 6.61 Å². The summed E-state index contributed by atoms with van der Waals surface area (Å²) in [5.74, 6) is 0. The topological polar surface area (TPSA) is 32.3 Å². The molecule has 0 bridgehead atoms. The molecule has 1 saturated heterocycles. The third-order valence-electron chi connectivity index (χ3n) is 3.85. The van der Waals surface area contributed by atoms with E-state index in [2.05, 4.69) is 35.6 Å². The summed E-state index contributed by atoms with van der Waals surface area (Å²) in [4.78, 5) is 0. The first kappa shape index (κ1) is 12.4. The highest BCUT2D eigenvalue weighted by Crippen LogP contribution is 2.29. The number of hydrogen-bond acceptors (Lipinski definition) is 2. The van der Waals surface area contributed by atoms with Crippen LogP contribution >= 0.6 is 0 Å². The maximum absolute atomic E-state index is 9.45. The lowest BCUT2D eigenvalue weighted by atomic mass is 9.96. The first-order valence-electron chi connectivity index (χ1n) is 6.91. The van der Waals surface area contributed by atoms with Crippen molar-refractivity contribution < 1.29 is 5.11 Å². The van der Waals surface area contributed by atoms with Gasteiger partial charge in [-0.15, -0.1) is 0 Å². The number of aliphatic hydroxyl groups excluding tert-OH is 1. The predicted molar refractivity (Wildman–Crippen MR) is 77.8 cm³/mol. The SMILES string of the molecule is OCc1ccccc1-c1cccc(C2CCCN2)c1. The number of benzene rings is 2. The second kappa shape index (κ2) is 5.55. The van der Waals surface area contributed by atoms with Gasteiger partial charge in [-0.2, -0.15) is 0 Å². The second-order valence-corrected chi connectivity index (χ2v) is 5.09. The lowest BCUT2D eigenvalue weighted by Crippen LogP contribution is -2.12. The number of nitrogens with one attached hydrogen (secondary N) is 1. The first-order chi connectivity index (χ1) is 9.38. The number of rotatable bonds is 3. The van der Waals surface area contributed by atoms with Crippen LogP contribution in [0.4, 0.5) is 0 Å². The largest absolute Gasteiger partial charge is 0.392 e. The van der Waals surface area contributed by atoms with Crippen LogP contribution in [0.2, 0.25) is 0 Å². The van der Waals surface area contributed by atoms with Gasteiger partial charge in [-0.05, 0) is 47.7 Å². The van der Waals surface area contributed by atoms with Gasteiger partial charge in [0, 0.05) is 6.04 Å². The van der Waals surface area contributed by atoms with Crippen molar-refractivity contribution in [3.8, 4) is 11.1 Å². The molecule has 1 fully saturated rings. The molecule has 1 atom stereocenters. The van der Waals surface area contributed by atoms with Crippen molar-refractivity contribution in [1.29, 1.82) is 0 Å². The molecule has 19 heavy (non-hydrogen) atoms. The van der Waals surface area contributed by atoms with Crippen molar-refractivity contribution in [3.63, 3.8) is 0 Å². The minimum atomic E-state index is 0.0854. The molecule has 0 aliphatic carbocycles. The Bertz CT molecular complexity index is 559. The molecule has 0 aromatic heterocycles. The van der Waals surface area contributed by atoms with Gasteiger partial charge in [-0.1, -0.05) is 42.5 Å². The summed E-state index contributed by atoms with van der Waals surface area (Å²) in [5.41, 5.74) is 4.66. The van der Waals surface area contributed by atoms with Gasteiger partial charge in [0.2, 0.25) is 0 Å². The summed E-state index contributed by atoms with van der Waals surface area (Å²) in [6, 6.07) is 17.2. The summed E-state index contributed by atoms with van der Waals surface area (Å²) in [6.07, 6.45) is 2.47. The molecule has 2 aromatic rings. The van der Waals surface area contributed by atoms with Crippen LogP contribution < -0.4 is 5.32 Å². The van der Waals surface area contributed by atoms with E-state index < -0.39 is 0 Å². The van der Waals surface area contributed by atoms with Crippen molar-refractivity contribution in [2.75, 3.05) is 6.54 Å². The summed E-state index contributed by atoms with van der Waals surface area (Å²) in [5, 5.41) is 13.0. The lowest BCUT2D eigenvalue weighted by Gasteiger charge is -2.13. The highest BCUT2D eigenvalue weighted by Gasteiger charge is 2.16. The van der Waals surface area contributed by atoms with Crippen molar-refractivity contribution in [2.45, 2.75) is 25.5 Å². The van der Waals surface area contributed by atoms with E-state index in [0.717, 1.165) is 17.7 Å². The van der Waals surface area contributed by atoms with Gasteiger partial charge in [0.15, 0.2) is 0 Å². The Morgan fingerprint density at radius 1 is 1.11 bits per heavy atom. The standard InChI is InChI=1S/C17H19NO/c19-12-15-5-1-2-8-16(15)13-6-3-7-14(11-13)17-9-4-10-18-17/h1-3,5-8,11,17-19H,4,9-10,12H2. The van der Waals surface area contributed by atoms with Gasteiger partial charge in [-0.25, -0.2) is 0 Å². The monoisotopic (exact) mass is 253 g/mol. The molecule has 1 aliphatic heterocycles. The maximum atomic E-state index is 9.45. The molecule has 0 saturated carbocycles. The highest BCUT2D eigenvalue weighted by molar-refractivity contribution is 5.68. The zero-order valence-electron chi connectivity index (χ0n) is 11.0. The van der Waals surface area contributed by atoms with E-state index >= 15 is 0 Å². The molecule has 0 amide bonds. The molecule has 0 radical (unpaired) electrons. The van der Waals surface area contributed by atoms with Crippen LogP contribution in [0, 0.1) is 0 Å². The molecular weight excluding hydrogens is 234 g/mol.